The maximum absolute atomic E-state index is 5.15. The topological polar surface area (TPSA) is 30.7 Å². The molecule has 4 heteroatoms. The van der Waals surface area contributed by atoms with Gasteiger partial charge in [-0.05, 0) is 69.2 Å². The minimum absolute atomic E-state index is 0.982. The lowest BCUT2D eigenvalue weighted by Crippen LogP contribution is -2.03. The fraction of sp³-hybridized carbons (Fsp3) is 0.143. The average molecular weight is 434 g/mol. The molecular weight excluding hydrogens is 410 g/mol. The minimum Gasteiger partial charge on any atom is -0.292 e. The number of hydrogen-bond acceptors (Lipinski definition) is 3. The number of imidazole rings is 1. The normalized spacial score (nSPS) is 11.8. The smallest absolute Gasteiger partial charge is 0.147 e. The number of aromatic nitrogens is 3. The molecule has 0 saturated carbocycles. The molecule has 0 N–H and O–H groups in total. The lowest BCUT2D eigenvalue weighted by molar-refractivity contribution is 1.06. The van der Waals surface area contributed by atoms with Gasteiger partial charge in [0.1, 0.15) is 10.7 Å². The standard InChI is InChI=1S/C28H23N3S/c1-16-14-17(2)25(18(3)15-16)31-24-11-6-5-10-23(24)30-27(31)22-9-7-8-20-21-13-12-19(4)29-28(21)32-26(20)22/h5-15H,1-4H3. The van der Waals surface area contributed by atoms with Gasteiger partial charge in [0.2, 0.25) is 0 Å². The Balaban J connectivity index is 1.75. The van der Waals surface area contributed by atoms with E-state index in [2.05, 4.69) is 92.1 Å². The first-order valence-electron chi connectivity index (χ1n) is 10.9. The van der Waals surface area contributed by atoms with Crippen molar-refractivity contribution in [2.45, 2.75) is 27.7 Å². The summed E-state index contributed by atoms with van der Waals surface area (Å²) in [6.07, 6.45) is 0. The molecule has 156 valence electrons. The molecule has 0 bridgehead atoms. The number of benzene rings is 3. The Morgan fingerprint density at radius 3 is 2.34 bits per heavy atom. The van der Waals surface area contributed by atoms with Gasteiger partial charge in [-0.2, -0.15) is 0 Å². The van der Waals surface area contributed by atoms with Crippen LogP contribution in [0.5, 0.6) is 0 Å². The van der Waals surface area contributed by atoms with Crippen molar-refractivity contribution >= 4 is 42.7 Å². The van der Waals surface area contributed by atoms with E-state index in [0.717, 1.165) is 32.9 Å². The van der Waals surface area contributed by atoms with Crippen LogP contribution in [0.25, 0.3) is 48.4 Å². The Kier molecular flexibility index (Phi) is 4.21. The molecule has 3 heterocycles. The highest BCUT2D eigenvalue weighted by molar-refractivity contribution is 7.26. The van der Waals surface area contributed by atoms with Crippen molar-refractivity contribution in [3.63, 3.8) is 0 Å². The summed E-state index contributed by atoms with van der Waals surface area (Å²) in [6, 6.07) is 23.8. The molecule has 3 aromatic heterocycles. The second-order valence-corrected chi connectivity index (χ2v) is 9.60. The van der Waals surface area contributed by atoms with Gasteiger partial charge >= 0.3 is 0 Å². The number of rotatable bonds is 2. The van der Waals surface area contributed by atoms with Gasteiger partial charge in [-0.25, -0.2) is 9.97 Å². The average Bonchev–Trinajstić information content (AvgIpc) is 3.31. The molecule has 3 aromatic carbocycles. The molecule has 0 fully saturated rings. The third-order valence-electron chi connectivity index (χ3n) is 6.16. The maximum Gasteiger partial charge on any atom is 0.147 e. The summed E-state index contributed by atoms with van der Waals surface area (Å²) in [4.78, 5) is 11.0. The van der Waals surface area contributed by atoms with Crippen LogP contribution in [0.15, 0.2) is 66.7 Å². The van der Waals surface area contributed by atoms with E-state index in [1.807, 2.05) is 6.92 Å². The lowest BCUT2D eigenvalue weighted by Gasteiger charge is -2.16. The van der Waals surface area contributed by atoms with Gasteiger partial charge in [0, 0.05) is 26.7 Å². The van der Waals surface area contributed by atoms with Gasteiger partial charge < -0.3 is 0 Å². The second kappa shape index (κ2) is 7.01. The molecule has 3 nitrogen and oxygen atoms in total. The van der Waals surface area contributed by atoms with Crippen LogP contribution in [0.1, 0.15) is 22.4 Å². The Morgan fingerprint density at radius 1 is 0.750 bits per heavy atom. The Bertz CT molecular complexity index is 1650. The zero-order valence-electron chi connectivity index (χ0n) is 18.6. The first-order chi connectivity index (χ1) is 15.5. The number of aryl methyl sites for hydroxylation is 4. The highest BCUT2D eigenvalue weighted by Crippen LogP contribution is 2.41. The molecule has 0 spiro atoms. The molecule has 0 saturated heterocycles. The van der Waals surface area contributed by atoms with Crippen molar-refractivity contribution < 1.29 is 0 Å². The van der Waals surface area contributed by atoms with Crippen LogP contribution in [0, 0.1) is 27.7 Å². The third-order valence-corrected chi connectivity index (χ3v) is 7.31. The van der Waals surface area contributed by atoms with Gasteiger partial charge in [-0.1, -0.05) is 42.0 Å². The molecule has 6 rings (SSSR count). The summed E-state index contributed by atoms with van der Waals surface area (Å²) in [5, 5.41) is 2.45. The summed E-state index contributed by atoms with van der Waals surface area (Å²) >= 11 is 1.76. The SMILES string of the molecule is Cc1cc(C)c(-n2c(-c3cccc4c3sc3nc(C)ccc34)nc3ccccc32)c(C)c1. The zero-order chi connectivity index (χ0) is 22.0. The van der Waals surface area contributed by atoms with Gasteiger partial charge in [0.05, 0.1) is 16.7 Å². The van der Waals surface area contributed by atoms with Crippen LogP contribution in [-0.2, 0) is 0 Å². The van der Waals surface area contributed by atoms with Gasteiger partial charge in [-0.15, -0.1) is 11.3 Å². The highest BCUT2D eigenvalue weighted by Gasteiger charge is 2.20. The molecular formula is C28H23N3S. The summed E-state index contributed by atoms with van der Waals surface area (Å²) < 4.78 is 3.58. The fourth-order valence-electron chi connectivity index (χ4n) is 4.91. The van der Waals surface area contributed by atoms with Gasteiger partial charge in [0.15, 0.2) is 0 Å². The molecule has 0 atom stereocenters. The van der Waals surface area contributed by atoms with Gasteiger partial charge in [0.25, 0.3) is 0 Å². The highest BCUT2D eigenvalue weighted by atomic mass is 32.1. The van der Waals surface area contributed by atoms with Crippen molar-refractivity contribution in [3.05, 3.63) is 89.1 Å². The molecule has 0 amide bonds. The van der Waals surface area contributed by atoms with Crippen LogP contribution in [0.3, 0.4) is 0 Å². The maximum atomic E-state index is 5.15. The van der Waals surface area contributed by atoms with E-state index in [-0.39, 0.29) is 0 Å². The van der Waals surface area contributed by atoms with Crippen molar-refractivity contribution in [3.8, 4) is 17.1 Å². The van der Waals surface area contributed by atoms with Crippen LogP contribution in [0.4, 0.5) is 0 Å². The summed E-state index contributed by atoms with van der Waals surface area (Å²) in [5.74, 6) is 0.982. The van der Waals surface area contributed by atoms with E-state index < -0.39 is 0 Å². The number of nitrogens with zero attached hydrogens (tertiary/aromatic N) is 3. The van der Waals surface area contributed by atoms with Crippen molar-refractivity contribution in [2.24, 2.45) is 0 Å². The molecule has 0 radical (unpaired) electrons. The monoisotopic (exact) mass is 433 g/mol. The first kappa shape index (κ1) is 19.2. The van der Waals surface area contributed by atoms with E-state index in [9.17, 15) is 0 Å². The molecule has 0 aliphatic heterocycles. The predicted molar refractivity (Wildman–Crippen MR) is 136 cm³/mol. The van der Waals surface area contributed by atoms with E-state index in [0.29, 0.717) is 0 Å². The van der Waals surface area contributed by atoms with Crippen LogP contribution >= 0.6 is 11.3 Å². The zero-order valence-corrected chi connectivity index (χ0v) is 19.4. The molecule has 32 heavy (non-hydrogen) atoms. The summed E-state index contributed by atoms with van der Waals surface area (Å²) in [7, 11) is 0. The number of thiophene rings is 1. The Labute approximate surface area is 191 Å². The molecule has 6 aromatic rings. The number of para-hydroxylation sites is 2. The number of fused-ring (bicyclic) bond motifs is 4. The van der Waals surface area contributed by atoms with Crippen LogP contribution in [0.2, 0.25) is 0 Å². The Morgan fingerprint density at radius 2 is 1.53 bits per heavy atom. The van der Waals surface area contributed by atoms with E-state index >= 15 is 0 Å². The van der Waals surface area contributed by atoms with Crippen molar-refractivity contribution in [1.82, 2.24) is 14.5 Å². The molecule has 0 unspecified atom stereocenters. The van der Waals surface area contributed by atoms with Crippen LogP contribution < -0.4 is 0 Å². The second-order valence-electron chi connectivity index (χ2n) is 8.60. The Hall–Kier alpha value is -3.50. The van der Waals surface area contributed by atoms with E-state index in [4.69, 9.17) is 9.97 Å². The van der Waals surface area contributed by atoms with E-state index in [1.54, 1.807) is 11.3 Å². The number of hydrogen-bond donors (Lipinski definition) is 0. The number of pyridine rings is 1. The molecule has 0 aliphatic carbocycles. The summed E-state index contributed by atoms with van der Waals surface area (Å²) in [5.41, 5.74) is 9.34. The van der Waals surface area contributed by atoms with Crippen molar-refractivity contribution in [1.29, 1.82) is 0 Å². The first-order valence-corrected chi connectivity index (χ1v) is 11.7. The van der Waals surface area contributed by atoms with Crippen molar-refractivity contribution in [2.75, 3.05) is 0 Å². The predicted octanol–water partition coefficient (Wildman–Crippen LogP) is 7.69. The third kappa shape index (κ3) is 2.80. The van der Waals surface area contributed by atoms with E-state index in [1.165, 1.54) is 37.9 Å². The van der Waals surface area contributed by atoms with Crippen LogP contribution in [-0.4, -0.2) is 14.5 Å². The summed E-state index contributed by atoms with van der Waals surface area (Å²) in [6.45, 7) is 8.60. The molecule has 0 aliphatic rings. The van der Waals surface area contributed by atoms with Gasteiger partial charge in [-0.3, -0.25) is 4.57 Å². The quantitative estimate of drug-likeness (QED) is 0.280. The fourth-order valence-corrected chi connectivity index (χ4v) is 6.13. The lowest BCUT2D eigenvalue weighted by atomic mass is 10.0. The minimum atomic E-state index is 0.982. The largest absolute Gasteiger partial charge is 0.292 e.